The van der Waals surface area contributed by atoms with Gasteiger partial charge in [-0.05, 0) is 72.0 Å². The van der Waals surface area contributed by atoms with Gasteiger partial charge in [-0.3, -0.25) is 9.59 Å². The quantitative estimate of drug-likeness (QED) is 0.219. The highest BCUT2D eigenvalue weighted by Crippen LogP contribution is 2.41. The van der Waals surface area contributed by atoms with Crippen molar-refractivity contribution in [1.29, 1.82) is 0 Å². The number of carbonyl (C=O) groups is 2. The zero-order chi connectivity index (χ0) is 27.4. The predicted molar refractivity (Wildman–Crippen MR) is 146 cm³/mol. The van der Waals surface area contributed by atoms with Crippen molar-refractivity contribution in [2.24, 2.45) is 0 Å². The minimum absolute atomic E-state index is 0.0487. The maximum absolute atomic E-state index is 13.4. The highest BCUT2D eigenvalue weighted by Gasteiger charge is 2.46. The summed E-state index contributed by atoms with van der Waals surface area (Å²) in [6.07, 6.45) is 0. The molecule has 1 amide bonds. The number of aliphatic hydroxyl groups excluding tert-OH is 1. The lowest BCUT2D eigenvalue weighted by Crippen LogP contribution is -2.29. The van der Waals surface area contributed by atoms with Gasteiger partial charge in [0.2, 0.25) is 0 Å². The number of benzene rings is 3. The molecule has 3 aromatic carbocycles. The molecule has 198 valence electrons. The average Bonchev–Trinajstić information content (AvgIpc) is 3.18. The summed E-state index contributed by atoms with van der Waals surface area (Å²) in [5.41, 5.74) is 2.91. The van der Waals surface area contributed by atoms with Gasteiger partial charge in [0.15, 0.2) is 0 Å². The smallest absolute Gasteiger partial charge is 0.295 e. The van der Waals surface area contributed by atoms with Gasteiger partial charge >= 0.3 is 0 Å². The molecule has 7 nitrogen and oxygen atoms in total. The van der Waals surface area contributed by atoms with Crippen molar-refractivity contribution in [3.8, 4) is 17.2 Å². The van der Waals surface area contributed by atoms with E-state index in [4.69, 9.17) is 14.2 Å². The second-order valence-electron chi connectivity index (χ2n) is 9.39. The average molecular weight is 516 g/mol. The number of carbonyl (C=O) groups excluding carboxylic acids is 2. The van der Waals surface area contributed by atoms with E-state index in [2.05, 4.69) is 0 Å². The number of likely N-dealkylation sites (tertiary alicyclic amines) is 1. The van der Waals surface area contributed by atoms with Crippen LogP contribution in [0.25, 0.3) is 5.76 Å². The van der Waals surface area contributed by atoms with Crippen molar-refractivity contribution in [3.05, 3.63) is 94.6 Å². The summed E-state index contributed by atoms with van der Waals surface area (Å²) in [6.45, 7) is 6.65. The minimum Gasteiger partial charge on any atom is -0.507 e. The lowest BCUT2D eigenvalue weighted by molar-refractivity contribution is -0.140. The van der Waals surface area contributed by atoms with Gasteiger partial charge in [-0.1, -0.05) is 38.1 Å². The third kappa shape index (κ3) is 5.23. The van der Waals surface area contributed by atoms with E-state index in [0.717, 1.165) is 11.1 Å². The summed E-state index contributed by atoms with van der Waals surface area (Å²) in [4.78, 5) is 28.3. The first-order valence-corrected chi connectivity index (χ1v) is 12.6. The molecule has 0 saturated carbocycles. The van der Waals surface area contributed by atoms with Gasteiger partial charge in [0.25, 0.3) is 11.7 Å². The van der Waals surface area contributed by atoms with Gasteiger partial charge < -0.3 is 24.2 Å². The molecule has 1 atom stereocenters. The van der Waals surface area contributed by atoms with Crippen molar-refractivity contribution >= 4 is 17.4 Å². The number of nitrogens with zero attached hydrogens (tertiary/aromatic N) is 1. The third-order valence-electron chi connectivity index (χ3n) is 6.68. The Bertz CT molecular complexity index is 1340. The second kappa shape index (κ2) is 11.4. The largest absolute Gasteiger partial charge is 0.507 e. The monoisotopic (exact) mass is 515 g/mol. The maximum Gasteiger partial charge on any atom is 0.295 e. The van der Waals surface area contributed by atoms with Gasteiger partial charge in [0.1, 0.15) is 23.0 Å². The van der Waals surface area contributed by atoms with E-state index < -0.39 is 17.7 Å². The van der Waals surface area contributed by atoms with Crippen molar-refractivity contribution in [3.63, 3.8) is 0 Å². The molecule has 1 fully saturated rings. The fraction of sp³-hybridized carbons (Fsp3) is 0.290. The number of aliphatic hydroxyl groups is 1. The normalized spacial score (nSPS) is 16.7. The zero-order valence-electron chi connectivity index (χ0n) is 22.4. The molecule has 0 bridgehead atoms. The Hall–Kier alpha value is -4.26. The van der Waals surface area contributed by atoms with Crippen molar-refractivity contribution in [1.82, 2.24) is 4.90 Å². The molecule has 0 aliphatic carbocycles. The summed E-state index contributed by atoms with van der Waals surface area (Å²) in [5, 5.41) is 11.5. The van der Waals surface area contributed by atoms with Crippen LogP contribution in [0.4, 0.5) is 0 Å². The van der Waals surface area contributed by atoms with Gasteiger partial charge in [-0.2, -0.15) is 0 Å². The molecule has 1 N–H and O–H groups in total. The van der Waals surface area contributed by atoms with Crippen LogP contribution in [0.2, 0.25) is 0 Å². The summed E-state index contributed by atoms with van der Waals surface area (Å²) in [7, 11) is 3.18. The first kappa shape index (κ1) is 26.8. The molecule has 1 heterocycles. The molecule has 1 aliphatic heterocycles. The van der Waals surface area contributed by atoms with E-state index in [0.29, 0.717) is 35.0 Å². The lowest BCUT2D eigenvalue weighted by Gasteiger charge is -2.26. The summed E-state index contributed by atoms with van der Waals surface area (Å²) in [5.74, 6) is 0.579. The minimum atomic E-state index is -0.780. The Morgan fingerprint density at radius 3 is 2.16 bits per heavy atom. The van der Waals surface area contributed by atoms with Gasteiger partial charge in [0.05, 0.1) is 32.4 Å². The van der Waals surface area contributed by atoms with E-state index in [-0.39, 0.29) is 23.8 Å². The number of rotatable bonds is 9. The Balaban J connectivity index is 1.84. The lowest BCUT2D eigenvalue weighted by atomic mass is 9.93. The molecule has 4 rings (SSSR count). The van der Waals surface area contributed by atoms with Crippen molar-refractivity contribution < 1.29 is 28.9 Å². The van der Waals surface area contributed by atoms with Crippen LogP contribution in [0.3, 0.4) is 0 Å². The van der Waals surface area contributed by atoms with Crippen molar-refractivity contribution in [2.75, 3.05) is 20.8 Å². The molecular weight excluding hydrogens is 482 g/mol. The van der Waals surface area contributed by atoms with E-state index in [1.807, 2.05) is 63.2 Å². The van der Waals surface area contributed by atoms with E-state index in [1.54, 1.807) is 38.5 Å². The van der Waals surface area contributed by atoms with Crippen LogP contribution < -0.4 is 14.2 Å². The number of methoxy groups -OCH3 is 2. The van der Waals surface area contributed by atoms with Gasteiger partial charge in [0, 0.05) is 12.1 Å². The van der Waals surface area contributed by atoms with Crippen LogP contribution >= 0.6 is 0 Å². The third-order valence-corrected chi connectivity index (χ3v) is 6.68. The Morgan fingerprint density at radius 2 is 1.58 bits per heavy atom. The molecule has 1 unspecified atom stereocenters. The fourth-order valence-corrected chi connectivity index (χ4v) is 4.72. The Morgan fingerprint density at radius 1 is 0.921 bits per heavy atom. The molecule has 3 aromatic rings. The highest BCUT2D eigenvalue weighted by atomic mass is 16.5. The SMILES string of the molecule is CCOc1ccc(C2/C(=C(/O)c3ccc(OC)c(C(C)C)c3)C(=O)C(=O)N2Cc2ccc(OC)cc2)cc1. The van der Waals surface area contributed by atoms with Crippen LogP contribution in [-0.2, 0) is 16.1 Å². The zero-order valence-corrected chi connectivity index (χ0v) is 22.4. The topological polar surface area (TPSA) is 85.3 Å². The summed E-state index contributed by atoms with van der Waals surface area (Å²) < 4.78 is 16.3. The maximum atomic E-state index is 13.4. The fourth-order valence-electron chi connectivity index (χ4n) is 4.72. The van der Waals surface area contributed by atoms with E-state index in [1.165, 1.54) is 4.90 Å². The van der Waals surface area contributed by atoms with Crippen molar-refractivity contribution in [2.45, 2.75) is 39.3 Å². The van der Waals surface area contributed by atoms with Crippen LogP contribution in [0.5, 0.6) is 17.2 Å². The summed E-state index contributed by atoms with van der Waals surface area (Å²) >= 11 is 0. The van der Waals surface area contributed by atoms with Crippen LogP contribution in [-0.4, -0.2) is 42.5 Å². The predicted octanol–water partition coefficient (Wildman–Crippen LogP) is 5.85. The molecule has 0 radical (unpaired) electrons. The Kier molecular flexibility index (Phi) is 8.05. The molecule has 0 aromatic heterocycles. The van der Waals surface area contributed by atoms with Gasteiger partial charge in [-0.15, -0.1) is 0 Å². The van der Waals surface area contributed by atoms with Crippen LogP contribution in [0.15, 0.2) is 72.3 Å². The number of Topliss-reactive ketones (excluding diaryl/α,β-unsaturated/α-hetero) is 1. The molecule has 7 heteroatoms. The number of hydrogen-bond donors (Lipinski definition) is 1. The second-order valence-corrected chi connectivity index (χ2v) is 9.39. The van der Waals surface area contributed by atoms with Crippen LogP contribution in [0.1, 0.15) is 55.0 Å². The molecular formula is C31H33NO6. The molecule has 1 aliphatic rings. The Labute approximate surface area is 223 Å². The highest BCUT2D eigenvalue weighted by molar-refractivity contribution is 6.46. The van der Waals surface area contributed by atoms with E-state index in [9.17, 15) is 14.7 Å². The summed E-state index contributed by atoms with van der Waals surface area (Å²) in [6, 6.07) is 19.1. The number of ketones is 1. The molecule has 1 saturated heterocycles. The van der Waals surface area contributed by atoms with E-state index >= 15 is 0 Å². The first-order chi connectivity index (χ1) is 18.3. The van der Waals surface area contributed by atoms with Gasteiger partial charge in [-0.25, -0.2) is 0 Å². The standard InChI is InChI=1S/C31H33NO6/c1-6-38-24-14-9-21(10-15-24)28-27(29(33)22-11-16-26(37-5)25(17-22)19(2)3)30(34)31(35)32(28)18-20-7-12-23(36-4)13-8-20/h7-17,19,28,33H,6,18H2,1-5H3/b29-27-. The molecule has 0 spiro atoms. The molecule has 38 heavy (non-hydrogen) atoms. The number of amides is 1. The number of hydrogen-bond acceptors (Lipinski definition) is 6. The first-order valence-electron chi connectivity index (χ1n) is 12.6. The number of ether oxygens (including phenoxy) is 3. The van der Waals surface area contributed by atoms with Crippen LogP contribution in [0, 0.1) is 0 Å².